The molecule has 5 heterocycles. The number of hydrogen-bond acceptors (Lipinski definition) is 10. The van der Waals surface area contributed by atoms with Crippen molar-refractivity contribution in [2.75, 3.05) is 28.2 Å². The molecule has 34 heavy (non-hydrogen) atoms. The number of hydrogen-bond donors (Lipinski definition) is 3. The zero-order valence-corrected chi connectivity index (χ0v) is 19.2. The third-order valence-electron chi connectivity index (χ3n) is 5.89. The van der Waals surface area contributed by atoms with Gasteiger partial charge >= 0.3 is 5.97 Å². The lowest BCUT2D eigenvalue weighted by atomic mass is 10.1. The molecule has 0 bridgehead atoms. The topological polar surface area (TPSA) is 145 Å². The third kappa shape index (κ3) is 4.29. The Kier molecular flexibility index (Phi) is 5.84. The predicted octanol–water partition coefficient (Wildman–Crippen LogP) is 2.13. The van der Waals surface area contributed by atoms with Crippen molar-refractivity contribution in [3.05, 3.63) is 46.2 Å². The number of fused-ring (bicyclic) bond motifs is 1. The summed E-state index contributed by atoms with van der Waals surface area (Å²) in [6.07, 6.45) is 4.46. The van der Waals surface area contributed by atoms with E-state index in [2.05, 4.69) is 25.2 Å². The molecule has 3 aromatic rings. The normalized spacial score (nSPS) is 16.1. The van der Waals surface area contributed by atoms with Gasteiger partial charge in [0, 0.05) is 31.0 Å². The molecule has 0 atom stereocenters. The lowest BCUT2D eigenvalue weighted by Gasteiger charge is -2.31. The van der Waals surface area contributed by atoms with Crippen molar-refractivity contribution >= 4 is 45.9 Å². The number of carbonyl (C=O) groups is 2. The molecule has 176 valence electrons. The summed E-state index contributed by atoms with van der Waals surface area (Å²) in [7, 11) is 0. The van der Waals surface area contributed by atoms with E-state index in [1.807, 2.05) is 12.1 Å². The molecular weight excluding hydrogens is 458 g/mol. The van der Waals surface area contributed by atoms with Gasteiger partial charge in [-0.1, -0.05) is 17.4 Å². The number of aliphatic hydroxyl groups excluding tert-OH is 1. The van der Waals surface area contributed by atoms with Crippen LogP contribution in [0, 0.1) is 6.92 Å². The highest BCUT2D eigenvalue weighted by molar-refractivity contribution is 7.17. The zero-order valence-electron chi connectivity index (χ0n) is 18.4. The van der Waals surface area contributed by atoms with Crippen molar-refractivity contribution < 1.29 is 19.8 Å². The number of thiazole rings is 1. The maximum Gasteiger partial charge on any atom is 0.347 e. The minimum Gasteiger partial charge on any atom is -0.477 e. The largest absolute Gasteiger partial charge is 0.477 e. The lowest BCUT2D eigenvalue weighted by molar-refractivity contribution is -0.117. The second-order valence-corrected chi connectivity index (χ2v) is 9.27. The first kappa shape index (κ1) is 22.2. The summed E-state index contributed by atoms with van der Waals surface area (Å²) in [6.45, 7) is 3.18. The van der Waals surface area contributed by atoms with Gasteiger partial charge in [-0.05, 0) is 31.4 Å². The average Bonchev–Trinajstić information content (AvgIpc) is 3.34. The van der Waals surface area contributed by atoms with Gasteiger partial charge in [-0.25, -0.2) is 9.78 Å². The van der Waals surface area contributed by atoms with Gasteiger partial charge < -0.3 is 15.1 Å². The van der Waals surface area contributed by atoms with Crippen LogP contribution >= 0.6 is 11.3 Å². The van der Waals surface area contributed by atoms with E-state index in [1.54, 1.807) is 24.2 Å². The Morgan fingerprint density at radius 1 is 1.24 bits per heavy atom. The molecule has 1 fully saturated rings. The number of amides is 1. The van der Waals surface area contributed by atoms with Gasteiger partial charge in [0.15, 0.2) is 5.13 Å². The van der Waals surface area contributed by atoms with Crippen LogP contribution in [0.3, 0.4) is 0 Å². The van der Waals surface area contributed by atoms with Crippen LogP contribution in [0.4, 0.5) is 22.7 Å². The summed E-state index contributed by atoms with van der Waals surface area (Å²) in [5.41, 5.74) is 2.03. The fourth-order valence-corrected chi connectivity index (χ4v) is 4.98. The highest BCUT2D eigenvalue weighted by Gasteiger charge is 2.35. The summed E-state index contributed by atoms with van der Waals surface area (Å²) in [5, 5.41) is 22.7. The Bertz CT molecular complexity index is 1240. The number of anilines is 4. The number of aryl methyl sites for hydroxylation is 1. The van der Waals surface area contributed by atoms with E-state index < -0.39 is 5.97 Å². The van der Waals surface area contributed by atoms with Crippen molar-refractivity contribution in [3.8, 4) is 0 Å². The van der Waals surface area contributed by atoms with Gasteiger partial charge in [0.1, 0.15) is 16.5 Å². The Morgan fingerprint density at radius 3 is 2.68 bits per heavy atom. The molecule has 1 saturated heterocycles. The number of piperidine rings is 1. The Labute approximate surface area is 199 Å². The number of carbonyl (C=O) groups excluding carboxylic acids is 1. The molecule has 0 spiro atoms. The van der Waals surface area contributed by atoms with E-state index in [4.69, 9.17) is 4.98 Å². The first-order valence-corrected chi connectivity index (χ1v) is 11.7. The molecule has 3 aromatic heterocycles. The Balaban J connectivity index is 1.53. The summed E-state index contributed by atoms with van der Waals surface area (Å²) < 4.78 is 0. The number of rotatable bonds is 6. The van der Waals surface area contributed by atoms with Crippen LogP contribution in [0.5, 0.6) is 0 Å². The highest BCUT2D eigenvalue weighted by Crippen LogP contribution is 2.37. The molecule has 1 amide bonds. The summed E-state index contributed by atoms with van der Waals surface area (Å²) in [6, 6.07) is 3.72. The molecule has 0 aromatic carbocycles. The van der Waals surface area contributed by atoms with E-state index in [0.717, 1.165) is 22.5 Å². The number of carboxylic acid groups (broad SMARTS) is 1. The highest BCUT2D eigenvalue weighted by atomic mass is 32.1. The molecule has 0 unspecified atom stereocenters. The van der Waals surface area contributed by atoms with Crippen LogP contribution in [0.25, 0.3) is 0 Å². The SMILES string of the molecule is Cc1nc(Nc2nc(N3CCC(O)CC3)c3c(n2)N(Cc2cccnc2)C(=O)C3)sc1C(=O)O. The number of nitrogens with one attached hydrogen (secondary N) is 1. The number of aromatic nitrogens is 4. The number of carboxylic acids is 1. The van der Waals surface area contributed by atoms with Gasteiger partial charge in [-0.15, -0.1) is 0 Å². The van der Waals surface area contributed by atoms with Crippen LogP contribution in [0.1, 0.15) is 39.3 Å². The number of aromatic carboxylic acids is 1. The van der Waals surface area contributed by atoms with E-state index >= 15 is 0 Å². The number of pyridine rings is 1. The minimum absolute atomic E-state index is 0.0816. The van der Waals surface area contributed by atoms with Crippen molar-refractivity contribution in [1.82, 2.24) is 19.9 Å². The smallest absolute Gasteiger partial charge is 0.347 e. The van der Waals surface area contributed by atoms with Crippen LogP contribution in [0.2, 0.25) is 0 Å². The van der Waals surface area contributed by atoms with Crippen LogP contribution < -0.4 is 15.1 Å². The zero-order chi connectivity index (χ0) is 23.8. The van der Waals surface area contributed by atoms with Crippen LogP contribution in [-0.4, -0.2) is 61.2 Å². The molecule has 5 rings (SSSR count). The molecule has 0 saturated carbocycles. The summed E-state index contributed by atoms with van der Waals surface area (Å²) in [4.78, 5) is 46.0. The quantitative estimate of drug-likeness (QED) is 0.479. The van der Waals surface area contributed by atoms with E-state index in [9.17, 15) is 19.8 Å². The average molecular weight is 482 g/mol. The molecule has 3 N–H and O–H groups in total. The fraction of sp³-hybridized carbons (Fsp3) is 0.364. The second-order valence-electron chi connectivity index (χ2n) is 8.27. The molecule has 12 heteroatoms. The third-order valence-corrected chi connectivity index (χ3v) is 6.95. The number of aliphatic hydroxyl groups is 1. The lowest BCUT2D eigenvalue weighted by Crippen LogP contribution is -2.37. The Morgan fingerprint density at radius 2 is 2.00 bits per heavy atom. The monoisotopic (exact) mass is 481 g/mol. The second kappa shape index (κ2) is 8.95. The standard InChI is InChI=1S/C22H23N7O4S/c1-12-17(20(32)33)34-22(24-12)27-21-25-18(28-7-4-14(30)5-8-28)15-9-16(31)29(19(15)26-21)11-13-3-2-6-23-10-13/h2-3,6,10,14,30H,4-5,7-9,11H2,1H3,(H,32,33)(H,24,25,26,27). The van der Waals surface area contributed by atoms with Crippen molar-refractivity contribution in [2.45, 2.75) is 38.8 Å². The van der Waals surface area contributed by atoms with Crippen molar-refractivity contribution in [2.24, 2.45) is 0 Å². The van der Waals surface area contributed by atoms with Crippen LogP contribution in [-0.2, 0) is 17.8 Å². The maximum atomic E-state index is 13.0. The predicted molar refractivity (Wildman–Crippen MR) is 126 cm³/mol. The molecule has 0 aliphatic carbocycles. The molecule has 2 aliphatic heterocycles. The van der Waals surface area contributed by atoms with Gasteiger partial charge in [0.05, 0.1) is 24.8 Å². The van der Waals surface area contributed by atoms with E-state index in [-0.39, 0.29) is 29.3 Å². The fourth-order valence-electron chi connectivity index (χ4n) is 4.18. The molecule has 11 nitrogen and oxygen atoms in total. The first-order chi connectivity index (χ1) is 16.4. The van der Waals surface area contributed by atoms with Gasteiger partial charge in [0.25, 0.3) is 0 Å². The summed E-state index contributed by atoms with van der Waals surface area (Å²) in [5.74, 6) is 0.268. The van der Waals surface area contributed by atoms with Crippen molar-refractivity contribution in [1.29, 1.82) is 0 Å². The summed E-state index contributed by atoms with van der Waals surface area (Å²) >= 11 is 1.00. The maximum absolute atomic E-state index is 13.0. The first-order valence-electron chi connectivity index (χ1n) is 10.9. The van der Waals surface area contributed by atoms with Gasteiger partial charge in [-0.2, -0.15) is 9.97 Å². The molecule has 2 aliphatic rings. The van der Waals surface area contributed by atoms with Gasteiger partial charge in [-0.3, -0.25) is 20.0 Å². The number of nitrogens with zero attached hydrogens (tertiary/aromatic N) is 6. The van der Waals surface area contributed by atoms with Gasteiger partial charge in [0.2, 0.25) is 11.9 Å². The molecular formula is C22H23N7O4S. The molecule has 0 radical (unpaired) electrons. The van der Waals surface area contributed by atoms with E-state index in [0.29, 0.717) is 54.9 Å². The van der Waals surface area contributed by atoms with Crippen molar-refractivity contribution in [3.63, 3.8) is 0 Å². The minimum atomic E-state index is -1.04. The van der Waals surface area contributed by atoms with Crippen LogP contribution in [0.15, 0.2) is 24.5 Å². The van der Waals surface area contributed by atoms with E-state index in [1.165, 1.54) is 0 Å². The Hall–Kier alpha value is -3.64.